The molecule has 0 heterocycles. The first kappa shape index (κ1) is 14.6. The molecule has 0 radical (unpaired) electrons. The van der Waals surface area contributed by atoms with Crippen LogP contribution in [-0.2, 0) is 6.54 Å². The Balaban J connectivity index is 2.36. The Hall–Kier alpha value is -0.470. The van der Waals surface area contributed by atoms with E-state index in [4.69, 9.17) is 0 Å². The van der Waals surface area contributed by atoms with Gasteiger partial charge in [0.25, 0.3) is 0 Å². The second-order valence-electron chi connectivity index (χ2n) is 4.96. The van der Waals surface area contributed by atoms with E-state index in [-0.39, 0.29) is 0 Å². The summed E-state index contributed by atoms with van der Waals surface area (Å²) in [4.78, 5) is 0. The Kier molecular flexibility index (Phi) is 6.68. The summed E-state index contributed by atoms with van der Waals surface area (Å²) in [5, 5.41) is 3.57. The normalized spacial score (nSPS) is 13.0. The second kappa shape index (κ2) is 7.78. The van der Waals surface area contributed by atoms with Crippen molar-refractivity contribution < 1.29 is 0 Å². The molecule has 0 aliphatic heterocycles. The molecule has 0 amide bonds. The van der Waals surface area contributed by atoms with Gasteiger partial charge in [-0.2, -0.15) is 11.8 Å². The third-order valence-electron chi connectivity index (χ3n) is 3.06. The monoisotopic (exact) mass is 251 g/mol. The maximum absolute atomic E-state index is 3.57. The van der Waals surface area contributed by atoms with Crippen molar-refractivity contribution in [2.45, 2.75) is 45.7 Å². The van der Waals surface area contributed by atoms with E-state index < -0.39 is 0 Å². The molecule has 1 aromatic rings. The van der Waals surface area contributed by atoms with Gasteiger partial charge in [-0.3, -0.25) is 0 Å². The van der Waals surface area contributed by atoms with E-state index in [9.17, 15) is 0 Å². The highest BCUT2D eigenvalue weighted by Gasteiger charge is 2.02. The van der Waals surface area contributed by atoms with Crippen LogP contribution >= 0.6 is 11.8 Å². The van der Waals surface area contributed by atoms with E-state index >= 15 is 0 Å². The molecular weight excluding hydrogens is 226 g/mol. The molecule has 0 fully saturated rings. The Morgan fingerprint density at radius 1 is 1.12 bits per heavy atom. The number of rotatable bonds is 7. The Labute approximate surface area is 110 Å². The lowest BCUT2D eigenvalue weighted by atomic mass is 10.0. The van der Waals surface area contributed by atoms with Gasteiger partial charge in [0.15, 0.2) is 0 Å². The Morgan fingerprint density at radius 2 is 1.76 bits per heavy atom. The quantitative estimate of drug-likeness (QED) is 0.785. The van der Waals surface area contributed by atoms with E-state index in [0.717, 1.165) is 6.54 Å². The zero-order valence-corrected chi connectivity index (χ0v) is 12.3. The molecule has 0 aliphatic carbocycles. The number of hydrogen-bond acceptors (Lipinski definition) is 2. The molecule has 1 rings (SSSR count). The third-order valence-corrected chi connectivity index (χ3v) is 3.70. The average Bonchev–Trinajstić information content (AvgIpc) is 2.34. The van der Waals surface area contributed by atoms with Crippen molar-refractivity contribution in [2.75, 3.05) is 12.0 Å². The molecule has 0 aliphatic rings. The highest BCUT2D eigenvalue weighted by Crippen LogP contribution is 2.14. The predicted octanol–water partition coefficient (Wildman–Crippen LogP) is 4.04. The standard InChI is InChI=1S/C15H25NS/c1-12(2)15-7-5-14(6-8-15)11-16-13(3)9-10-17-4/h5-8,12-13,16H,9-11H2,1-4H3. The third kappa shape index (κ3) is 5.60. The van der Waals surface area contributed by atoms with Gasteiger partial charge >= 0.3 is 0 Å². The zero-order valence-electron chi connectivity index (χ0n) is 11.5. The van der Waals surface area contributed by atoms with Crippen LogP contribution in [0.4, 0.5) is 0 Å². The Bertz CT molecular complexity index is 305. The smallest absolute Gasteiger partial charge is 0.0207 e. The molecule has 1 aromatic carbocycles. The second-order valence-corrected chi connectivity index (χ2v) is 5.95. The molecular formula is C15H25NS. The molecule has 1 nitrogen and oxygen atoms in total. The summed E-state index contributed by atoms with van der Waals surface area (Å²) in [5.41, 5.74) is 2.80. The van der Waals surface area contributed by atoms with Crippen LogP contribution in [0.5, 0.6) is 0 Å². The molecule has 0 saturated carbocycles. The van der Waals surface area contributed by atoms with Crippen molar-refractivity contribution in [3.05, 3.63) is 35.4 Å². The molecule has 17 heavy (non-hydrogen) atoms. The summed E-state index contributed by atoms with van der Waals surface area (Å²) in [6.45, 7) is 7.71. The van der Waals surface area contributed by atoms with Crippen LogP contribution in [0.25, 0.3) is 0 Å². The molecule has 0 saturated heterocycles. The average molecular weight is 251 g/mol. The van der Waals surface area contributed by atoms with Crippen LogP contribution < -0.4 is 5.32 Å². The Morgan fingerprint density at radius 3 is 2.29 bits per heavy atom. The fourth-order valence-corrected chi connectivity index (χ4v) is 2.30. The van der Waals surface area contributed by atoms with E-state index in [1.165, 1.54) is 23.3 Å². The zero-order chi connectivity index (χ0) is 12.7. The lowest BCUT2D eigenvalue weighted by Crippen LogP contribution is -2.25. The van der Waals surface area contributed by atoms with Crippen LogP contribution in [0.2, 0.25) is 0 Å². The summed E-state index contributed by atoms with van der Waals surface area (Å²) >= 11 is 1.92. The van der Waals surface area contributed by atoms with Crippen LogP contribution in [0, 0.1) is 0 Å². The number of hydrogen-bond donors (Lipinski definition) is 1. The summed E-state index contributed by atoms with van der Waals surface area (Å²) in [7, 11) is 0. The molecule has 0 bridgehead atoms. The first-order valence-electron chi connectivity index (χ1n) is 6.44. The van der Waals surface area contributed by atoms with E-state index in [1.807, 2.05) is 11.8 Å². The molecule has 0 spiro atoms. The summed E-state index contributed by atoms with van der Waals surface area (Å²) in [6.07, 6.45) is 3.41. The van der Waals surface area contributed by atoms with Crippen LogP contribution in [0.3, 0.4) is 0 Å². The fourth-order valence-electron chi connectivity index (χ4n) is 1.71. The number of nitrogens with one attached hydrogen (secondary N) is 1. The van der Waals surface area contributed by atoms with Crippen molar-refractivity contribution >= 4 is 11.8 Å². The lowest BCUT2D eigenvalue weighted by Gasteiger charge is -2.13. The van der Waals surface area contributed by atoms with Crippen molar-refractivity contribution in [1.29, 1.82) is 0 Å². The van der Waals surface area contributed by atoms with E-state index in [2.05, 4.69) is 56.6 Å². The molecule has 2 heteroatoms. The van der Waals surface area contributed by atoms with Gasteiger partial charge in [-0.15, -0.1) is 0 Å². The van der Waals surface area contributed by atoms with Crippen molar-refractivity contribution in [3.63, 3.8) is 0 Å². The highest BCUT2D eigenvalue weighted by molar-refractivity contribution is 7.98. The SMILES string of the molecule is CSCCC(C)NCc1ccc(C(C)C)cc1. The van der Waals surface area contributed by atoms with Gasteiger partial charge in [-0.1, -0.05) is 38.1 Å². The van der Waals surface area contributed by atoms with Crippen LogP contribution in [-0.4, -0.2) is 18.1 Å². The lowest BCUT2D eigenvalue weighted by molar-refractivity contribution is 0.537. The van der Waals surface area contributed by atoms with Crippen molar-refractivity contribution in [3.8, 4) is 0 Å². The molecule has 0 aromatic heterocycles. The highest BCUT2D eigenvalue weighted by atomic mass is 32.2. The van der Waals surface area contributed by atoms with Gasteiger partial charge in [0.1, 0.15) is 0 Å². The maximum Gasteiger partial charge on any atom is 0.0207 e. The topological polar surface area (TPSA) is 12.0 Å². The van der Waals surface area contributed by atoms with Gasteiger partial charge in [-0.25, -0.2) is 0 Å². The molecule has 1 N–H and O–H groups in total. The maximum atomic E-state index is 3.57. The van der Waals surface area contributed by atoms with E-state index in [0.29, 0.717) is 12.0 Å². The van der Waals surface area contributed by atoms with E-state index in [1.54, 1.807) is 0 Å². The van der Waals surface area contributed by atoms with Gasteiger partial charge < -0.3 is 5.32 Å². The summed E-state index contributed by atoms with van der Waals surface area (Å²) in [6, 6.07) is 9.57. The van der Waals surface area contributed by atoms with Crippen LogP contribution in [0.15, 0.2) is 24.3 Å². The minimum Gasteiger partial charge on any atom is -0.310 e. The first-order valence-corrected chi connectivity index (χ1v) is 7.84. The molecule has 1 unspecified atom stereocenters. The van der Waals surface area contributed by atoms with Gasteiger partial charge in [0.2, 0.25) is 0 Å². The van der Waals surface area contributed by atoms with Gasteiger partial charge in [0.05, 0.1) is 0 Å². The largest absolute Gasteiger partial charge is 0.310 e. The number of thioether (sulfide) groups is 1. The van der Waals surface area contributed by atoms with Gasteiger partial charge in [0, 0.05) is 12.6 Å². The minimum atomic E-state index is 0.604. The van der Waals surface area contributed by atoms with Crippen molar-refractivity contribution in [2.24, 2.45) is 0 Å². The minimum absolute atomic E-state index is 0.604. The fraction of sp³-hybridized carbons (Fsp3) is 0.600. The summed E-state index contributed by atoms with van der Waals surface area (Å²) in [5.74, 6) is 1.86. The predicted molar refractivity (Wildman–Crippen MR) is 79.8 cm³/mol. The van der Waals surface area contributed by atoms with Crippen LogP contribution in [0.1, 0.15) is 44.2 Å². The molecule has 1 atom stereocenters. The molecule has 96 valence electrons. The summed E-state index contributed by atoms with van der Waals surface area (Å²) < 4.78 is 0. The van der Waals surface area contributed by atoms with Crippen molar-refractivity contribution in [1.82, 2.24) is 5.32 Å². The number of benzene rings is 1. The van der Waals surface area contributed by atoms with Gasteiger partial charge in [-0.05, 0) is 42.4 Å². The first-order chi connectivity index (χ1) is 8.13.